The van der Waals surface area contributed by atoms with Crippen LogP contribution in [0.2, 0.25) is 0 Å². The summed E-state index contributed by atoms with van der Waals surface area (Å²) in [5.41, 5.74) is 4.26. The number of pyridine rings is 1. The summed E-state index contributed by atoms with van der Waals surface area (Å²) in [7, 11) is 0. The van der Waals surface area contributed by atoms with Crippen molar-refractivity contribution in [3.63, 3.8) is 0 Å². The minimum absolute atomic E-state index is 0.0342. The van der Waals surface area contributed by atoms with Crippen LogP contribution in [-0.2, 0) is 4.74 Å². The average Bonchev–Trinajstić information content (AvgIpc) is 3.05. The van der Waals surface area contributed by atoms with Crippen LogP contribution < -0.4 is 11.2 Å². The largest absolute Gasteiger partial charge is 0.502 e. The molecular weight excluding hydrogens is 240 g/mol. The number of carbonyl (C=O) groups excluding carboxylic acids is 2. The van der Waals surface area contributed by atoms with Gasteiger partial charge in [0.25, 0.3) is 0 Å². The number of aryl methyl sites for hydroxylation is 1. The van der Waals surface area contributed by atoms with Crippen molar-refractivity contribution >= 4 is 12.1 Å². The maximum Gasteiger partial charge on any atom is 0.412 e. The van der Waals surface area contributed by atoms with Crippen LogP contribution in [0, 0.1) is 6.92 Å². The fraction of sp³-hybridized carbons (Fsp3) is 0.364. The van der Waals surface area contributed by atoms with E-state index in [0.717, 1.165) is 12.8 Å². The number of ether oxygens (including phenoxy) is 1. The lowest BCUT2D eigenvalue weighted by Crippen LogP contribution is -2.25. The van der Waals surface area contributed by atoms with Crippen LogP contribution in [-0.4, -0.2) is 21.7 Å². The molecule has 0 unspecified atom stereocenters. The Kier molecular flexibility index (Phi) is 2.82. The monoisotopic (exact) mass is 252 g/mol. The van der Waals surface area contributed by atoms with E-state index in [-0.39, 0.29) is 11.7 Å². The number of hydrogen-bond donors (Lipinski definition) is 2. The Balaban J connectivity index is 2.58. The summed E-state index contributed by atoms with van der Waals surface area (Å²) < 4.78 is 5.73. The number of esters is 1. The van der Waals surface area contributed by atoms with Crippen molar-refractivity contribution < 1.29 is 19.4 Å². The predicted molar refractivity (Wildman–Crippen MR) is 60.4 cm³/mol. The lowest BCUT2D eigenvalue weighted by Gasteiger charge is -2.15. The van der Waals surface area contributed by atoms with Crippen molar-refractivity contribution in [2.75, 3.05) is 0 Å². The smallest absolute Gasteiger partial charge is 0.412 e. The van der Waals surface area contributed by atoms with E-state index in [4.69, 9.17) is 5.73 Å². The first kappa shape index (κ1) is 12.2. The molecular formula is C11H12N2O5. The molecule has 1 aliphatic carbocycles. The number of aromatic hydroxyl groups is 1. The van der Waals surface area contributed by atoms with Crippen LogP contribution in [0.3, 0.4) is 0 Å². The number of rotatable bonds is 2. The summed E-state index contributed by atoms with van der Waals surface area (Å²) in [4.78, 5) is 33.7. The molecule has 1 aromatic rings. The summed E-state index contributed by atoms with van der Waals surface area (Å²) in [6, 6.07) is 1.27. The first-order chi connectivity index (χ1) is 8.41. The molecule has 7 nitrogen and oxygen atoms in total. The Hall–Kier alpha value is -2.31. The van der Waals surface area contributed by atoms with Gasteiger partial charge in [0.05, 0.1) is 0 Å². The first-order valence-corrected chi connectivity index (χ1v) is 5.38. The fourth-order valence-electron chi connectivity index (χ4n) is 1.87. The van der Waals surface area contributed by atoms with Gasteiger partial charge >= 0.3 is 12.1 Å². The molecule has 0 saturated heterocycles. The van der Waals surface area contributed by atoms with Gasteiger partial charge in [0.15, 0.2) is 11.4 Å². The Bertz CT molecular complexity index is 586. The van der Waals surface area contributed by atoms with E-state index in [0.29, 0.717) is 5.69 Å². The van der Waals surface area contributed by atoms with Crippen LogP contribution >= 0.6 is 0 Å². The molecule has 1 aliphatic rings. The van der Waals surface area contributed by atoms with Gasteiger partial charge in [0.2, 0.25) is 5.43 Å². The number of aromatic nitrogens is 1. The van der Waals surface area contributed by atoms with Crippen molar-refractivity contribution in [2.24, 2.45) is 5.73 Å². The second-order valence-corrected chi connectivity index (χ2v) is 4.16. The lowest BCUT2D eigenvalue weighted by molar-refractivity contribution is 0.0621. The second-order valence-electron chi connectivity index (χ2n) is 4.16. The van der Waals surface area contributed by atoms with Gasteiger partial charge in [-0.25, -0.2) is 9.59 Å². The van der Waals surface area contributed by atoms with Crippen molar-refractivity contribution in [1.29, 1.82) is 0 Å². The molecule has 2 rings (SSSR count). The van der Waals surface area contributed by atoms with Gasteiger partial charge in [0.1, 0.15) is 0 Å². The molecule has 1 saturated carbocycles. The van der Waals surface area contributed by atoms with Crippen molar-refractivity contribution in [1.82, 2.24) is 4.57 Å². The Morgan fingerprint density at radius 2 is 2.11 bits per heavy atom. The molecule has 18 heavy (non-hydrogen) atoms. The summed E-state index contributed by atoms with van der Waals surface area (Å²) >= 11 is 0. The molecule has 1 fully saturated rings. The van der Waals surface area contributed by atoms with Gasteiger partial charge in [-0.15, -0.1) is 0 Å². The Morgan fingerprint density at radius 1 is 1.50 bits per heavy atom. The van der Waals surface area contributed by atoms with E-state index in [1.54, 1.807) is 6.92 Å². The van der Waals surface area contributed by atoms with Gasteiger partial charge in [-0.1, -0.05) is 0 Å². The zero-order chi connectivity index (χ0) is 13.4. The quantitative estimate of drug-likeness (QED) is 0.585. The molecule has 3 N–H and O–H groups in total. The summed E-state index contributed by atoms with van der Waals surface area (Å²) in [6.07, 6.45) is 0.385. The molecule has 0 radical (unpaired) electrons. The highest BCUT2D eigenvalue weighted by molar-refractivity contribution is 5.96. The van der Waals surface area contributed by atoms with E-state index in [1.165, 1.54) is 10.6 Å². The van der Waals surface area contributed by atoms with Crippen molar-refractivity contribution in [2.45, 2.75) is 25.8 Å². The fourth-order valence-corrected chi connectivity index (χ4v) is 1.87. The molecule has 0 spiro atoms. The van der Waals surface area contributed by atoms with Crippen LogP contribution in [0.1, 0.15) is 35.1 Å². The van der Waals surface area contributed by atoms with E-state index in [9.17, 15) is 19.5 Å². The lowest BCUT2D eigenvalue weighted by atomic mass is 10.2. The molecule has 1 aromatic heterocycles. The number of nitrogens with two attached hydrogens (primary N) is 1. The third kappa shape index (κ3) is 2.06. The van der Waals surface area contributed by atoms with Crippen LogP contribution in [0.15, 0.2) is 10.9 Å². The maximum absolute atomic E-state index is 11.7. The zero-order valence-corrected chi connectivity index (χ0v) is 9.67. The molecule has 0 atom stereocenters. The normalized spacial score (nSPS) is 14.3. The second kappa shape index (κ2) is 4.17. The predicted octanol–water partition coefficient (Wildman–Crippen LogP) is 0.433. The minimum atomic E-state index is -1.28. The maximum atomic E-state index is 11.7. The summed E-state index contributed by atoms with van der Waals surface area (Å²) in [5, 5.41) is 9.68. The summed E-state index contributed by atoms with van der Waals surface area (Å²) in [5.74, 6) is -1.84. The van der Waals surface area contributed by atoms with Crippen molar-refractivity contribution in [3.8, 4) is 5.75 Å². The highest BCUT2D eigenvalue weighted by Crippen LogP contribution is 2.38. The van der Waals surface area contributed by atoms with Crippen molar-refractivity contribution in [3.05, 3.63) is 27.7 Å². The molecule has 0 aromatic carbocycles. The number of primary amides is 1. The van der Waals surface area contributed by atoms with Gasteiger partial charge in [-0.2, -0.15) is 0 Å². The minimum Gasteiger partial charge on any atom is -0.502 e. The van der Waals surface area contributed by atoms with E-state index in [2.05, 4.69) is 4.74 Å². The van der Waals surface area contributed by atoms with Gasteiger partial charge in [-0.3, -0.25) is 4.79 Å². The highest BCUT2D eigenvalue weighted by Gasteiger charge is 2.32. The topological polar surface area (TPSA) is 112 Å². The molecule has 1 amide bonds. The Morgan fingerprint density at radius 3 is 2.61 bits per heavy atom. The molecule has 0 bridgehead atoms. The van der Waals surface area contributed by atoms with E-state index >= 15 is 0 Å². The molecule has 0 aliphatic heterocycles. The number of carbonyl (C=O) groups is 2. The number of amides is 1. The number of hydrogen-bond acceptors (Lipinski definition) is 5. The standard InChI is InChI=1S/C11H12N2O5/c1-5-4-7(14)9(15)8(10(16)18-11(12)17)13(5)6-2-3-6/h4,6,15H,2-3H2,1H3,(H2,12,17). The SMILES string of the molecule is Cc1cc(=O)c(O)c(C(=O)OC(N)=O)n1C1CC1. The average molecular weight is 252 g/mol. The third-order valence-corrected chi connectivity index (χ3v) is 2.72. The van der Waals surface area contributed by atoms with E-state index < -0.39 is 23.2 Å². The van der Waals surface area contributed by atoms with Crippen LogP contribution in [0.5, 0.6) is 5.75 Å². The van der Waals surface area contributed by atoms with Gasteiger partial charge < -0.3 is 20.1 Å². The number of nitrogens with zero attached hydrogens (tertiary/aromatic N) is 1. The first-order valence-electron chi connectivity index (χ1n) is 5.38. The molecule has 7 heteroatoms. The zero-order valence-electron chi connectivity index (χ0n) is 9.67. The van der Waals surface area contributed by atoms with Crippen LogP contribution in [0.25, 0.3) is 0 Å². The van der Waals surface area contributed by atoms with Gasteiger partial charge in [-0.05, 0) is 19.8 Å². The molecule has 1 heterocycles. The highest BCUT2D eigenvalue weighted by atomic mass is 16.6. The summed E-state index contributed by atoms with van der Waals surface area (Å²) in [6.45, 7) is 1.64. The van der Waals surface area contributed by atoms with Gasteiger partial charge in [0, 0.05) is 17.8 Å². The third-order valence-electron chi connectivity index (χ3n) is 2.72. The van der Waals surface area contributed by atoms with E-state index in [1.807, 2.05) is 0 Å². The molecule has 96 valence electrons. The Labute approximate surface area is 102 Å². The van der Waals surface area contributed by atoms with Crippen LogP contribution in [0.4, 0.5) is 4.79 Å².